The average molecular weight is 330 g/mol. The van der Waals surface area contributed by atoms with Gasteiger partial charge in [0.2, 0.25) is 0 Å². The highest BCUT2D eigenvalue weighted by molar-refractivity contribution is 5.92. The summed E-state index contributed by atoms with van der Waals surface area (Å²) in [7, 11) is 0. The van der Waals surface area contributed by atoms with Crippen molar-refractivity contribution in [2.24, 2.45) is 0 Å². The first kappa shape index (κ1) is 15.3. The summed E-state index contributed by atoms with van der Waals surface area (Å²) in [5.74, 6) is 1.69. The van der Waals surface area contributed by atoms with Gasteiger partial charge in [-0.3, -0.25) is 9.97 Å². The molecule has 3 aromatic heterocycles. The van der Waals surface area contributed by atoms with Gasteiger partial charge in [-0.25, -0.2) is 4.98 Å². The second-order valence-corrected chi connectivity index (χ2v) is 5.90. The number of fused-ring (bicyclic) bond motifs is 1. The molecule has 0 bridgehead atoms. The maximum atomic E-state index is 5.94. The fourth-order valence-electron chi connectivity index (χ4n) is 2.95. The van der Waals surface area contributed by atoms with Crippen molar-refractivity contribution in [1.29, 1.82) is 0 Å². The van der Waals surface area contributed by atoms with Crippen molar-refractivity contribution in [2.75, 3.05) is 0 Å². The number of benzene rings is 1. The fourth-order valence-corrected chi connectivity index (χ4v) is 2.95. The molecule has 0 fully saturated rings. The van der Waals surface area contributed by atoms with Crippen LogP contribution in [0, 0.1) is 0 Å². The maximum absolute atomic E-state index is 5.94. The summed E-state index contributed by atoms with van der Waals surface area (Å²) in [5, 5.41) is 1.10. The molecule has 1 aromatic carbocycles. The van der Waals surface area contributed by atoms with Crippen LogP contribution in [-0.4, -0.2) is 25.6 Å². The van der Waals surface area contributed by atoms with E-state index in [0.29, 0.717) is 6.54 Å². The van der Waals surface area contributed by atoms with Crippen molar-refractivity contribution in [3.05, 3.63) is 73.4 Å². The van der Waals surface area contributed by atoms with Gasteiger partial charge in [0, 0.05) is 35.7 Å². The Morgan fingerprint density at radius 2 is 1.92 bits per heavy atom. The highest BCUT2D eigenvalue weighted by atomic mass is 16.5. The van der Waals surface area contributed by atoms with E-state index in [1.54, 1.807) is 12.4 Å². The van der Waals surface area contributed by atoms with Gasteiger partial charge in [-0.2, -0.15) is 0 Å². The molecule has 0 N–H and O–H groups in total. The van der Waals surface area contributed by atoms with Crippen molar-refractivity contribution in [3.8, 4) is 17.1 Å². The van der Waals surface area contributed by atoms with E-state index in [2.05, 4.69) is 25.6 Å². The predicted molar refractivity (Wildman–Crippen MR) is 97.3 cm³/mol. The zero-order valence-corrected chi connectivity index (χ0v) is 13.9. The van der Waals surface area contributed by atoms with Gasteiger partial charge in [-0.05, 0) is 31.2 Å². The lowest BCUT2D eigenvalue weighted by atomic mass is 10.1. The molecule has 3 heterocycles. The zero-order valence-electron chi connectivity index (χ0n) is 13.9. The van der Waals surface area contributed by atoms with Crippen molar-refractivity contribution in [2.45, 2.75) is 19.6 Å². The van der Waals surface area contributed by atoms with Gasteiger partial charge in [0.25, 0.3) is 0 Å². The smallest absolute Gasteiger partial charge is 0.140 e. The predicted octanol–water partition coefficient (Wildman–Crippen LogP) is 3.96. The van der Waals surface area contributed by atoms with Crippen molar-refractivity contribution in [3.63, 3.8) is 0 Å². The largest absolute Gasteiger partial charge is 0.487 e. The third-order valence-corrected chi connectivity index (χ3v) is 4.03. The highest BCUT2D eigenvalue weighted by Gasteiger charge is 2.13. The van der Waals surface area contributed by atoms with Crippen LogP contribution < -0.4 is 4.74 Å². The second kappa shape index (κ2) is 6.73. The van der Waals surface area contributed by atoms with Gasteiger partial charge in [-0.15, -0.1) is 0 Å². The molecule has 5 heteroatoms. The van der Waals surface area contributed by atoms with E-state index in [4.69, 9.17) is 4.74 Å². The third kappa shape index (κ3) is 3.21. The molecule has 4 rings (SSSR count). The van der Waals surface area contributed by atoms with Crippen molar-refractivity contribution in [1.82, 2.24) is 19.5 Å². The topological polar surface area (TPSA) is 52.8 Å². The summed E-state index contributed by atoms with van der Waals surface area (Å²) in [6.45, 7) is 2.74. The SMILES string of the molecule is C[C@H](Cn1ccnc1-c1ccnc2ccccc12)Oc1cccnc1. The van der Waals surface area contributed by atoms with Gasteiger partial charge in [0.05, 0.1) is 18.3 Å². The average Bonchev–Trinajstić information content (AvgIpc) is 3.09. The molecule has 5 nitrogen and oxygen atoms in total. The molecule has 0 aliphatic carbocycles. The van der Waals surface area contributed by atoms with Gasteiger partial charge in [0.1, 0.15) is 17.7 Å². The monoisotopic (exact) mass is 330 g/mol. The van der Waals surface area contributed by atoms with Crippen LogP contribution in [0.4, 0.5) is 0 Å². The summed E-state index contributed by atoms with van der Waals surface area (Å²) in [4.78, 5) is 13.1. The minimum absolute atomic E-state index is 0.00903. The number of para-hydroxylation sites is 1. The lowest BCUT2D eigenvalue weighted by molar-refractivity contribution is 0.199. The van der Waals surface area contributed by atoms with E-state index in [1.165, 1.54) is 0 Å². The molecular formula is C20H18N4O. The Hall–Kier alpha value is -3.21. The Balaban J connectivity index is 1.62. The van der Waals surface area contributed by atoms with Crippen LogP contribution in [0.1, 0.15) is 6.92 Å². The number of imidazole rings is 1. The Morgan fingerprint density at radius 3 is 2.80 bits per heavy atom. The number of ether oxygens (including phenoxy) is 1. The van der Waals surface area contributed by atoms with Gasteiger partial charge in [-0.1, -0.05) is 18.2 Å². The summed E-state index contributed by atoms with van der Waals surface area (Å²) >= 11 is 0. The quantitative estimate of drug-likeness (QED) is 0.556. The molecule has 0 aliphatic rings. The molecular weight excluding hydrogens is 312 g/mol. The van der Waals surface area contributed by atoms with Crippen LogP contribution in [0.3, 0.4) is 0 Å². The first-order chi connectivity index (χ1) is 12.3. The van der Waals surface area contributed by atoms with Crippen LogP contribution in [0.25, 0.3) is 22.3 Å². The zero-order chi connectivity index (χ0) is 17.1. The van der Waals surface area contributed by atoms with Gasteiger partial charge >= 0.3 is 0 Å². The minimum Gasteiger partial charge on any atom is -0.487 e. The van der Waals surface area contributed by atoms with Crippen molar-refractivity contribution >= 4 is 10.9 Å². The fraction of sp³-hybridized carbons (Fsp3) is 0.150. The van der Waals surface area contributed by atoms with Crippen LogP contribution in [0.2, 0.25) is 0 Å². The lowest BCUT2D eigenvalue weighted by Crippen LogP contribution is -2.19. The highest BCUT2D eigenvalue weighted by Crippen LogP contribution is 2.26. The molecule has 0 saturated heterocycles. The first-order valence-electron chi connectivity index (χ1n) is 8.23. The van der Waals surface area contributed by atoms with E-state index >= 15 is 0 Å². The summed E-state index contributed by atoms with van der Waals surface area (Å²) in [6, 6.07) is 13.9. The number of hydrogen-bond acceptors (Lipinski definition) is 4. The number of aromatic nitrogens is 4. The lowest BCUT2D eigenvalue weighted by Gasteiger charge is -2.17. The third-order valence-electron chi connectivity index (χ3n) is 4.03. The van der Waals surface area contributed by atoms with Gasteiger partial charge < -0.3 is 9.30 Å². The number of rotatable bonds is 5. The van der Waals surface area contributed by atoms with E-state index in [1.807, 2.05) is 61.9 Å². The Kier molecular flexibility index (Phi) is 4.12. The molecule has 0 saturated carbocycles. The molecule has 1 atom stereocenters. The Labute approximate surface area is 146 Å². The Morgan fingerprint density at radius 1 is 1.00 bits per heavy atom. The van der Waals surface area contributed by atoms with Crippen LogP contribution in [0.15, 0.2) is 73.4 Å². The Bertz CT molecular complexity index is 976. The molecule has 25 heavy (non-hydrogen) atoms. The molecule has 0 unspecified atom stereocenters. The van der Waals surface area contributed by atoms with E-state index < -0.39 is 0 Å². The second-order valence-electron chi connectivity index (χ2n) is 5.90. The normalized spacial score (nSPS) is 12.2. The molecule has 4 aromatic rings. The molecule has 0 spiro atoms. The van der Waals surface area contributed by atoms with Crippen LogP contribution in [0.5, 0.6) is 5.75 Å². The van der Waals surface area contributed by atoms with Crippen LogP contribution >= 0.6 is 0 Å². The molecule has 0 amide bonds. The molecule has 124 valence electrons. The van der Waals surface area contributed by atoms with Crippen molar-refractivity contribution < 1.29 is 4.74 Å². The molecule has 0 aliphatic heterocycles. The van der Waals surface area contributed by atoms with Crippen LogP contribution in [-0.2, 0) is 6.54 Å². The number of hydrogen-bond donors (Lipinski definition) is 0. The minimum atomic E-state index is -0.00903. The number of nitrogens with zero attached hydrogens (tertiary/aromatic N) is 4. The maximum Gasteiger partial charge on any atom is 0.140 e. The standard InChI is InChI=1S/C20H18N4O/c1-15(25-16-5-4-9-21-13-16)14-24-12-11-23-20(24)18-8-10-22-19-7-3-2-6-17(18)19/h2-13,15H,14H2,1H3/t15-/m1/s1. The summed E-state index contributed by atoms with van der Waals surface area (Å²) in [5.41, 5.74) is 2.04. The first-order valence-corrected chi connectivity index (χ1v) is 8.23. The molecule has 0 radical (unpaired) electrons. The van der Waals surface area contributed by atoms with E-state index in [-0.39, 0.29) is 6.10 Å². The summed E-state index contributed by atoms with van der Waals surface area (Å²) in [6.07, 6.45) is 9.08. The van der Waals surface area contributed by atoms with E-state index in [9.17, 15) is 0 Å². The number of pyridine rings is 2. The summed E-state index contributed by atoms with van der Waals surface area (Å²) < 4.78 is 8.06. The van der Waals surface area contributed by atoms with Gasteiger partial charge in [0.15, 0.2) is 0 Å². The van der Waals surface area contributed by atoms with E-state index in [0.717, 1.165) is 28.0 Å².